The number of rotatable bonds is 8. The molecule has 30 heavy (non-hydrogen) atoms. The highest BCUT2D eigenvalue weighted by molar-refractivity contribution is 7.88. The van der Waals surface area contributed by atoms with Crippen molar-refractivity contribution in [1.82, 2.24) is 15.4 Å². The number of sulfonamides is 1. The van der Waals surface area contributed by atoms with E-state index in [4.69, 9.17) is 4.99 Å². The molecule has 0 unspecified atom stereocenters. The molecule has 0 radical (unpaired) electrons. The fraction of sp³-hybridized carbons (Fsp3) is 0.476. The van der Waals surface area contributed by atoms with Crippen molar-refractivity contribution in [1.29, 1.82) is 0 Å². The second kappa shape index (κ2) is 10.8. The maximum atomic E-state index is 11.8. The zero-order valence-electron chi connectivity index (χ0n) is 17.6. The van der Waals surface area contributed by atoms with E-state index in [-0.39, 0.29) is 5.75 Å². The van der Waals surface area contributed by atoms with Gasteiger partial charge in [-0.15, -0.1) is 11.3 Å². The SMILES string of the molecule is CCNC(=NCc1cccc(CS(=O)(=O)NC)c1)NC1CCN(c2cccs2)CC1. The number of benzene rings is 1. The monoisotopic (exact) mass is 449 g/mol. The molecular formula is C21H31N5O2S2. The Bertz CT molecular complexity index is 921. The van der Waals surface area contributed by atoms with Gasteiger partial charge in [-0.05, 0) is 55.5 Å². The van der Waals surface area contributed by atoms with Crippen molar-refractivity contribution >= 4 is 32.3 Å². The molecular weight excluding hydrogens is 418 g/mol. The summed E-state index contributed by atoms with van der Waals surface area (Å²) in [5.74, 6) is 0.780. The molecule has 0 spiro atoms. The van der Waals surface area contributed by atoms with Crippen molar-refractivity contribution in [2.24, 2.45) is 4.99 Å². The minimum absolute atomic E-state index is 0.0256. The van der Waals surface area contributed by atoms with Gasteiger partial charge in [-0.3, -0.25) is 0 Å². The van der Waals surface area contributed by atoms with Crippen LogP contribution >= 0.6 is 11.3 Å². The summed E-state index contributed by atoms with van der Waals surface area (Å²) in [4.78, 5) is 7.16. The van der Waals surface area contributed by atoms with Gasteiger partial charge >= 0.3 is 0 Å². The van der Waals surface area contributed by atoms with Crippen LogP contribution in [-0.2, 0) is 22.3 Å². The smallest absolute Gasteiger partial charge is 0.215 e. The van der Waals surface area contributed by atoms with E-state index in [2.05, 4.69) is 44.7 Å². The summed E-state index contributed by atoms with van der Waals surface area (Å²) in [7, 11) is -1.85. The van der Waals surface area contributed by atoms with E-state index < -0.39 is 10.0 Å². The Morgan fingerprint density at radius 1 is 1.20 bits per heavy atom. The van der Waals surface area contributed by atoms with E-state index in [0.717, 1.165) is 49.6 Å². The summed E-state index contributed by atoms with van der Waals surface area (Å²) in [5.41, 5.74) is 1.75. The van der Waals surface area contributed by atoms with Gasteiger partial charge in [0.1, 0.15) is 0 Å². The number of thiophene rings is 1. The molecule has 1 aliphatic rings. The first-order valence-electron chi connectivity index (χ1n) is 10.3. The summed E-state index contributed by atoms with van der Waals surface area (Å²) in [6.45, 7) is 5.43. The zero-order valence-corrected chi connectivity index (χ0v) is 19.2. The Morgan fingerprint density at radius 2 is 1.97 bits per heavy atom. The summed E-state index contributed by atoms with van der Waals surface area (Å²) >= 11 is 1.79. The van der Waals surface area contributed by atoms with Crippen molar-refractivity contribution in [2.45, 2.75) is 38.1 Å². The number of aliphatic imine (C=N–C) groups is 1. The number of guanidine groups is 1. The van der Waals surface area contributed by atoms with E-state index in [0.29, 0.717) is 12.6 Å². The molecule has 7 nitrogen and oxygen atoms in total. The molecule has 0 atom stereocenters. The van der Waals surface area contributed by atoms with Gasteiger partial charge in [-0.25, -0.2) is 18.1 Å². The molecule has 3 rings (SSSR count). The number of anilines is 1. The molecule has 2 aromatic rings. The fourth-order valence-corrected chi connectivity index (χ4v) is 5.04. The zero-order chi connectivity index (χ0) is 21.4. The normalized spacial score (nSPS) is 15.9. The van der Waals surface area contributed by atoms with Crippen LogP contribution in [0.15, 0.2) is 46.8 Å². The Kier molecular flexibility index (Phi) is 8.12. The molecule has 1 saturated heterocycles. The molecule has 3 N–H and O–H groups in total. The molecule has 1 aromatic carbocycles. The number of hydrogen-bond acceptors (Lipinski definition) is 5. The Morgan fingerprint density at radius 3 is 2.63 bits per heavy atom. The highest BCUT2D eigenvalue weighted by Gasteiger charge is 2.20. The van der Waals surface area contributed by atoms with Gasteiger partial charge in [0.05, 0.1) is 17.3 Å². The lowest BCUT2D eigenvalue weighted by molar-refractivity contribution is 0.463. The highest BCUT2D eigenvalue weighted by Crippen LogP contribution is 2.24. The second-order valence-corrected chi connectivity index (χ2v) is 10.2. The molecule has 1 fully saturated rings. The van der Waals surface area contributed by atoms with Crippen LogP contribution in [0.5, 0.6) is 0 Å². The van der Waals surface area contributed by atoms with Gasteiger partial charge in [0.25, 0.3) is 0 Å². The average molecular weight is 450 g/mol. The van der Waals surface area contributed by atoms with Gasteiger partial charge in [0.15, 0.2) is 5.96 Å². The van der Waals surface area contributed by atoms with Gasteiger partial charge in [0, 0.05) is 25.7 Å². The third-order valence-electron chi connectivity index (χ3n) is 5.08. The largest absolute Gasteiger partial charge is 0.363 e. The van der Waals surface area contributed by atoms with E-state index in [1.165, 1.54) is 12.0 Å². The Balaban J connectivity index is 1.57. The lowest BCUT2D eigenvalue weighted by Crippen LogP contribution is -2.48. The van der Waals surface area contributed by atoms with Crippen molar-refractivity contribution in [3.05, 3.63) is 52.9 Å². The van der Waals surface area contributed by atoms with Crippen LogP contribution in [0.3, 0.4) is 0 Å². The second-order valence-electron chi connectivity index (χ2n) is 7.34. The Labute approximate surface area is 183 Å². The van der Waals surface area contributed by atoms with E-state index in [1.54, 1.807) is 11.3 Å². The van der Waals surface area contributed by atoms with Crippen LogP contribution in [0.25, 0.3) is 0 Å². The highest BCUT2D eigenvalue weighted by atomic mass is 32.2. The molecule has 0 saturated carbocycles. The minimum Gasteiger partial charge on any atom is -0.363 e. The summed E-state index contributed by atoms with van der Waals surface area (Å²) in [5, 5.41) is 10.4. The van der Waals surface area contributed by atoms with E-state index in [1.807, 2.05) is 24.3 Å². The van der Waals surface area contributed by atoms with E-state index in [9.17, 15) is 8.42 Å². The molecule has 0 aliphatic carbocycles. The van der Waals surface area contributed by atoms with Crippen LogP contribution in [0.4, 0.5) is 5.00 Å². The molecule has 0 bridgehead atoms. The van der Waals surface area contributed by atoms with Crippen molar-refractivity contribution in [2.75, 3.05) is 31.6 Å². The van der Waals surface area contributed by atoms with Crippen LogP contribution in [0, 0.1) is 0 Å². The molecule has 2 heterocycles. The first kappa shape index (κ1) is 22.6. The Hall–Kier alpha value is -2.10. The number of piperidine rings is 1. The number of hydrogen-bond donors (Lipinski definition) is 3. The standard InChI is InChI=1S/C21H31N5O2S2/c1-3-23-21(25-19-9-11-26(12-10-19)20-8-5-13-29-20)24-15-17-6-4-7-18(14-17)16-30(27,28)22-2/h4-8,13-14,19,22H,3,9-12,15-16H2,1-2H3,(H2,23,24,25). The van der Waals surface area contributed by atoms with Crippen LogP contribution in [-0.4, -0.2) is 47.1 Å². The van der Waals surface area contributed by atoms with Gasteiger partial charge in [-0.1, -0.05) is 24.3 Å². The number of nitrogens with one attached hydrogen (secondary N) is 3. The molecule has 1 aromatic heterocycles. The van der Waals surface area contributed by atoms with Gasteiger partial charge in [-0.2, -0.15) is 0 Å². The van der Waals surface area contributed by atoms with E-state index >= 15 is 0 Å². The molecule has 1 aliphatic heterocycles. The quantitative estimate of drug-likeness (QED) is 0.426. The van der Waals surface area contributed by atoms with Gasteiger partial charge < -0.3 is 15.5 Å². The predicted molar refractivity (Wildman–Crippen MR) is 126 cm³/mol. The third-order valence-corrected chi connectivity index (χ3v) is 7.34. The molecule has 0 amide bonds. The maximum absolute atomic E-state index is 11.8. The summed E-state index contributed by atoms with van der Waals surface area (Å²) < 4.78 is 25.9. The maximum Gasteiger partial charge on any atom is 0.215 e. The third kappa shape index (κ3) is 6.72. The minimum atomic E-state index is -3.28. The average Bonchev–Trinajstić information content (AvgIpc) is 3.28. The first-order valence-corrected chi connectivity index (χ1v) is 12.8. The number of nitrogens with zero attached hydrogens (tertiary/aromatic N) is 2. The van der Waals surface area contributed by atoms with Crippen LogP contribution in [0.2, 0.25) is 0 Å². The van der Waals surface area contributed by atoms with Crippen LogP contribution < -0.4 is 20.3 Å². The lowest BCUT2D eigenvalue weighted by atomic mass is 10.1. The first-order chi connectivity index (χ1) is 14.5. The van der Waals surface area contributed by atoms with Crippen molar-refractivity contribution in [3.8, 4) is 0 Å². The topological polar surface area (TPSA) is 85.8 Å². The predicted octanol–water partition coefficient (Wildman–Crippen LogP) is 2.52. The van der Waals surface area contributed by atoms with Gasteiger partial charge in [0.2, 0.25) is 10.0 Å². The summed E-state index contributed by atoms with van der Waals surface area (Å²) in [6.07, 6.45) is 2.14. The molecule has 9 heteroatoms. The fourth-order valence-electron chi connectivity index (χ4n) is 3.49. The lowest BCUT2D eigenvalue weighted by Gasteiger charge is -2.33. The van der Waals surface area contributed by atoms with Crippen molar-refractivity contribution in [3.63, 3.8) is 0 Å². The molecule has 164 valence electrons. The van der Waals surface area contributed by atoms with Crippen molar-refractivity contribution < 1.29 is 8.42 Å². The van der Waals surface area contributed by atoms with Crippen LogP contribution in [0.1, 0.15) is 30.9 Å². The summed E-state index contributed by atoms with van der Waals surface area (Å²) in [6, 6.07) is 12.3.